The molecule has 0 aliphatic heterocycles. The highest BCUT2D eigenvalue weighted by atomic mass is 79.9. The van der Waals surface area contributed by atoms with Crippen molar-refractivity contribution in [3.8, 4) is 11.8 Å². The lowest BCUT2D eigenvalue weighted by Gasteiger charge is -2.15. The Bertz CT molecular complexity index is 406. The summed E-state index contributed by atoms with van der Waals surface area (Å²) < 4.78 is 13.6. The topological polar surface area (TPSA) is 12.0 Å². The smallest absolute Gasteiger partial charge is 0.137 e. The van der Waals surface area contributed by atoms with Crippen LogP contribution in [0.1, 0.15) is 31.4 Å². The summed E-state index contributed by atoms with van der Waals surface area (Å²) in [5, 5.41) is 3.21. The first-order chi connectivity index (χ1) is 7.69. The maximum atomic E-state index is 13.1. The van der Waals surface area contributed by atoms with Crippen molar-refractivity contribution in [1.29, 1.82) is 0 Å². The highest BCUT2D eigenvalue weighted by Gasteiger charge is 2.10. The maximum Gasteiger partial charge on any atom is 0.137 e. The summed E-state index contributed by atoms with van der Waals surface area (Å²) in [7, 11) is 1.90. The molecule has 86 valence electrons. The third kappa shape index (κ3) is 3.62. The summed E-state index contributed by atoms with van der Waals surface area (Å²) in [6.07, 6.45) is 1.77. The van der Waals surface area contributed by atoms with Crippen molar-refractivity contribution in [2.24, 2.45) is 0 Å². The quantitative estimate of drug-likeness (QED) is 0.832. The second kappa shape index (κ2) is 6.67. The number of hydrogen-bond donors (Lipinski definition) is 1. The van der Waals surface area contributed by atoms with E-state index in [2.05, 4.69) is 33.1 Å². The third-order valence-corrected chi connectivity index (χ3v) is 3.04. The van der Waals surface area contributed by atoms with Gasteiger partial charge in [0.1, 0.15) is 5.82 Å². The molecule has 1 N–H and O–H groups in total. The lowest BCUT2D eigenvalue weighted by molar-refractivity contribution is 0.554. The second-order valence-corrected chi connectivity index (χ2v) is 4.33. The Morgan fingerprint density at radius 1 is 1.50 bits per heavy atom. The van der Waals surface area contributed by atoms with Gasteiger partial charge in [-0.05, 0) is 54.0 Å². The van der Waals surface area contributed by atoms with Crippen LogP contribution in [0.2, 0.25) is 0 Å². The number of rotatable bonds is 4. The summed E-state index contributed by atoms with van der Waals surface area (Å²) in [5.41, 5.74) is 1.08. The van der Waals surface area contributed by atoms with Crippen LogP contribution < -0.4 is 5.32 Å². The monoisotopic (exact) mass is 283 g/mol. The first-order valence-electron chi connectivity index (χ1n) is 5.21. The zero-order chi connectivity index (χ0) is 12.0. The lowest BCUT2D eigenvalue weighted by atomic mass is 10.0. The van der Waals surface area contributed by atoms with Crippen LogP contribution in [0.4, 0.5) is 4.39 Å². The van der Waals surface area contributed by atoms with Crippen LogP contribution in [-0.2, 0) is 0 Å². The molecule has 1 nitrogen and oxygen atoms in total. The van der Waals surface area contributed by atoms with Crippen LogP contribution in [0.3, 0.4) is 0 Å². The fraction of sp³-hybridized carbons (Fsp3) is 0.385. The number of nitrogens with one attached hydrogen (secondary N) is 1. The Morgan fingerprint density at radius 3 is 2.81 bits per heavy atom. The molecule has 1 atom stereocenters. The van der Waals surface area contributed by atoms with E-state index < -0.39 is 0 Å². The molecule has 1 aromatic rings. The maximum absolute atomic E-state index is 13.1. The minimum absolute atomic E-state index is 0.220. The van der Waals surface area contributed by atoms with E-state index in [0.717, 1.165) is 18.4 Å². The van der Waals surface area contributed by atoms with E-state index in [4.69, 9.17) is 0 Å². The normalized spacial score (nSPS) is 11.8. The summed E-state index contributed by atoms with van der Waals surface area (Å²) in [6.45, 7) is 1.84. The fourth-order valence-electron chi connectivity index (χ4n) is 1.55. The molecule has 1 unspecified atom stereocenters. The standard InChI is InChI=1S/C13H15BrFN/c1-3-4-5-6-13(16-2)10-7-8-12(15)11(14)9-10/h7-9,13,16H,5-6H2,1-2H3. The third-order valence-electron chi connectivity index (χ3n) is 2.43. The molecule has 0 spiro atoms. The van der Waals surface area contributed by atoms with E-state index in [1.165, 1.54) is 6.07 Å². The molecule has 0 saturated heterocycles. The SMILES string of the molecule is CC#CCCC(NC)c1ccc(F)c(Br)c1. The molecular formula is C13H15BrFN. The average molecular weight is 284 g/mol. The largest absolute Gasteiger partial charge is 0.313 e. The van der Waals surface area contributed by atoms with Gasteiger partial charge in [-0.3, -0.25) is 0 Å². The van der Waals surface area contributed by atoms with Gasteiger partial charge in [0.2, 0.25) is 0 Å². The van der Waals surface area contributed by atoms with Gasteiger partial charge in [0.25, 0.3) is 0 Å². The van der Waals surface area contributed by atoms with E-state index in [1.807, 2.05) is 20.0 Å². The summed E-state index contributed by atoms with van der Waals surface area (Å²) >= 11 is 3.19. The Hall–Kier alpha value is -0.850. The summed E-state index contributed by atoms with van der Waals surface area (Å²) in [4.78, 5) is 0. The van der Waals surface area contributed by atoms with Gasteiger partial charge in [-0.2, -0.15) is 0 Å². The van der Waals surface area contributed by atoms with Crippen LogP contribution in [0.25, 0.3) is 0 Å². The van der Waals surface area contributed by atoms with Crippen LogP contribution in [0.15, 0.2) is 22.7 Å². The molecule has 0 amide bonds. The second-order valence-electron chi connectivity index (χ2n) is 3.48. The molecule has 0 radical (unpaired) electrons. The van der Waals surface area contributed by atoms with Gasteiger partial charge >= 0.3 is 0 Å². The Kier molecular flexibility index (Phi) is 5.51. The van der Waals surface area contributed by atoms with E-state index in [1.54, 1.807) is 6.07 Å². The van der Waals surface area contributed by atoms with Crippen LogP contribution in [0.5, 0.6) is 0 Å². The first kappa shape index (κ1) is 13.2. The van der Waals surface area contributed by atoms with Crippen LogP contribution in [-0.4, -0.2) is 7.05 Å². The van der Waals surface area contributed by atoms with Crippen molar-refractivity contribution in [3.05, 3.63) is 34.1 Å². The fourth-order valence-corrected chi connectivity index (χ4v) is 1.94. The van der Waals surface area contributed by atoms with Gasteiger partial charge in [0.15, 0.2) is 0 Å². The van der Waals surface area contributed by atoms with Crippen molar-refractivity contribution < 1.29 is 4.39 Å². The highest BCUT2D eigenvalue weighted by Crippen LogP contribution is 2.23. The number of halogens is 2. The molecular weight excluding hydrogens is 269 g/mol. The molecule has 0 aromatic heterocycles. The first-order valence-corrected chi connectivity index (χ1v) is 6.00. The summed E-state index contributed by atoms with van der Waals surface area (Å²) in [6, 6.07) is 5.32. The van der Waals surface area contributed by atoms with Crippen LogP contribution >= 0.6 is 15.9 Å². The van der Waals surface area contributed by atoms with Gasteiger partial charge in [-0.25, -0.2) is 4.39 Å². The van der Waals surface area contributed by atoms with Gasteiger partial charge in [-0.15, -0.1) is 11.8 Å². The zero-order valence-corrected chi connectivity index (χ0v) is 11.1. The molecule has 0 aliphatic rings. The Balaban J connectivity index is 2.77. The van der Waals surface area contributed by atoms with Crippen molar-refractivity contribution in [3.63, 3.8) is 0 Å². The van der Waals surface area contributed by atoms with Gasteiger partial charge in [-0.1, -0.05) is 6.07 Å². The van der Waals surface area contributed by atoms with E-state index in [-0.39, 0.29) is 11.9 Å². The minimum Gasteiger partial charge on any atom is -0.313 e. The molecule has 0 heterocycles. The molecule has 1 rings (SSSR count). The van der Waals surface area contributed by atoms with Crippen molar-refractivity contribution in [1.82, 2.24) is 5.32 Å². The van der Waals surface area contributed by atoms with Crippen molar-refractivity contribution >= 4 is 15.9 Å². The predicted octanol–water partition coefficient (Wildman–Crippen LogP) is 3.65. The number of benzene rings is 1. The van der Waals surface area contributed by atoms with Crippen molar-refractivity contribution in [2.45, 2.75) is 25.8 Å². The van der Waals surface area contributed by atoms with Gasteiger partial charge in [0.05, 0.1) is 4.47 Å². The number of hydrogen-bond acceptors (Lipinski definition) is 1. The highest BCUT2D eigenvalue weighted by molar-refractivity contribution is 9.10. The summed E-state index contributed by atoms with van der Waals surface area (Å²) in [5.74, 6) is 5.68. The molecule has 3 heteroatoms. The van der Waals surface area contributed by atoms with E-state index in [0.29, 0.717) is 4.47 Å². The average Bonchev–Trinajstić information content (AvgIpc) is 2.29. The van der Waals surface area contributed by atoms with E-state index in [9.17, 15) is 4.39 Å². The molecule has 1 aromatic carbocycles. The predicted molar refractivity (Wildman–Crippen MR) is 68.6 cm³/mol. The van der Waals surface area contributed by atoms with Crippen LogP contribution in [0, 0.1) is 17.7 Å². The molecule has 0 fully saturated rings. The molecule has 0 bridgehead atoms. The Labute approximate surface area is 105 Å². The molecule has 0 saturated carbocycles. The minimum atomic E-state index is -0.230. The van der Waals surface area contributed by atoms with Crippen molar-refractivity contribution in [2.75, 3.05) is 7.05 Å². The van der Waals surface area contributed by atoms with Gasteiger partial charge in [0, 0.05) is 12.5 Å². The van der Waals surface area contributed by atoms with Gasteiger partial charge < -0.3 is 5.32 Å². The molecule has 0 aliphatic carbocycles. The van der Waals surface area contributed by atoms with E-state index >= 15 is 0 Å². The lowest BCUT2D eigenvalue weighted by Crippen LogP contribution is -2.16. The zero-order valence-electron chi connectivity index (χ0n) is 9.48. The molecule has 16 heavy (non-hydrogen) atoms. The Morgan fingerprint density at radius 2 is 2.25 bits per heavy atom.